The maximum atomic E-state index is 5.60. The van der Waals surface area contributed by atoms with Crippen LogP contribution in [0.3, 0.4) is 0 Å². The zero-order valence-corrected chi connectivity index (χ0v) is 10.4. The second kappa shape index (κ2) is 8.12. The minimum atomic E-state index is 0.591. The Morgan fingerprint density at radius 1 is 1.27 bits per heavy atom. The van der Waals surface area contributed by atoms with E-state index in [0.717, 1.165) is 19.1 Å². The van der Waals surface area contributed by atoms with E-state index in [1.54, 1.807) is 0 Å². The molecule has 1 atom stereocenters. The van der Waals surface area contributed by atoms with E-state index in [1.807, 2.05) is 0 Å². The minimum absolute atomic E-state index is 0.591. The molecular weight excluding hydrogens is 186 g/mol. The Hall–Kier alpha value is -0.0800. The standard InChI is InChI=1S/C13H27NO/c1-12(2)11-14-9-5-3-4-7-13-8-6-10-15-13/h12-14H,3-11H2,1-2H3. The molecule has 0 radical (unpaired) electrons. The molecule has 1 aliphatic rings. The second-order valence-electron chi connectivity index (χ2n) is 5.08. The lowest BCUT2D eigenvalue weighted by atomic mass is 10.1. The summed E-state index contributed by atoms with van der Waals surface area (Å²) in [5.41, 5.74) is 0. The minimum Gasteiger partial charge on any atom is -0.378 e. The van der Waals surface area contributed by atoms with Gasteiger partial charge in [0.15, 0.2) is 0 Å². The molecule has 0 aromatic rings. The van der Waals surface area contributed by atoms with Crippen LogP contribution in [0.2, 0.25) is 0 Å². The van der Waals surface area contributed by atoms with Crippen LogP contribution in [0.25, 0.3) is 0 Å². The fourth-order valence-corrected chi connectivity index (χ4v) is 2.06. The van der Waals surface area contributed by atoms with Crippen LogP contribution in [-0.4, -0.2) is 25.8 Å². The van der Waals surface area contributed by atoms with Gasteiger partial charge in [-0.3, -0.25) is 0 Å². The van der Waals surface area contributed by atoms with Gasteiger partial charge < -0.3 is 10.1 Å². The summed E-state index contributed by atoms with van der Waals surface area (Å²) in [5.74, 6) is 0.775. The van der Waals surface area contributed by atoms with Crippen molar-refractivity contribution in [3.8, 4) is 0 Å². The quantitative estimate of drug-likeness (QED) is 0.626. The molecule has 0 aromatic heterocycles. The van der Waals surface area contributed by atoms with Gasteiger partial charge in [0, 0.05) is 6.61 Å². The molecule has 0 bridgehead atoms. The van der Waals surface area contributed by atoms with Crippen LogP contribution >= 0.6 is 0 Å². The first-order chi connectivity index (χ1) is 7.29. The molecule has 90 valence electrons. The Bertz CT molecular complexity index is 141. The predicted molar refractivity (Wildman–Crippen MR) is 65.1 cm³/mol. The van der Waals surface area contributed by atoms with E-state index in [4.69, 9.17) is 4.74 Å². The maximum absolute atomic E-state index is 5.60. The SMILES string of the molecule is CC(C)CNCCCCCC1CCCO1. The number of ether oxygens (including phenoxy) is 1. The van der Waals surface area contributed by atoms with Crippen LogP contribution in [0.5, 0.6) is 0 Å². The normalized spacial score (nSPS) is 21.4. The van der Waals surface area contributed by atoms with Gasteiger partial charge in [-0.2, -0.15) is 0 Å². The van der Waals surface area contributed by atoms with Crippen LogP contribution in [0.1, 0.15) is 52.4 Å². The first-order valence-electron chi connectivity index (χ1n) is 6.61. The molecule has 0 aromatic carbocycles. The molecule has 1 unspecified atom stereocenters. The topological polar surface area (TPSA) is 21.3 Å². The van der Waals surface area contributed by atoms with Crippen molar-refractivity contribution in [2.24, 2.45) is 5.92 Å². The van der Waals surface area contributed by atoms with E-state index < -0.39 is 0 Å². The lowest BCUT2D eigenvalue weighted by Crippen LogP contribution is -2.20. The van der Waals surface area contributed by atoms with Crippen molar-refractivity contribution in [2.75, 3.05) is 19.7 Å². The van der Waals surface area contributed by atoms with Crippen LogP contribution in [-0.2, 0) is 4.74 Å². The molecule has 2 heteroatoms. The zero-order chi connectivity index (χ0) is 10.9. The Morgan fingerprint density at radius 3 is 2.80 bits per heavy atom. The van der Waals surface area contributed by atoms with E-state index in [2.05, 4.69) is 19.2 Å². The third-order valence-corrected chi connectivity index (χ3v) is 2.96. The highest BCUT2D eigenvalue weighted by Gasteiger charge is 2.14. The van der Waals surface area contributed by atoms with Crippen LogP contribution in [0.4, 0.5) is 0 Å². The number of hydrogen-bond donors (Lipinski definition) is 1. The molecule has 1 heterocycles. The lowest BCUT2D eigenvalue weighted by molar-refractivity contribution is 0.102. The van der Waals surface area contributed by atoms with Gasteiger partial charge in [-0.25, -0.2) is 0 Å². The van der Waals surface area contributed by atoms with E-state index in [1.165, 1.54) is 45.1 Å². The van der Waals surface area contributed by atoms with E-state index in [0.29, 0.717) is 6.10 Å². The van der Waals surface area contributed by atoms with Crippen molar-refractivity contribution in [3.05, 3.63) is 0 Å². The average Bonchev–Trinajstić information content (AvgIpc) is 2.68. The van der Waals surface area contributed by atoms with Crippen molar-refractivity contribution >= 4 is 0 Å². The second-order valence-corrected chi connectivity index (χ2v) is 5.08. The summed E-state index contributed by atoms with van der Waals surface area (Å²) < 4.78 is 5.60. The van der Waals surface area contributed by atoms with Crippen molar-refractivity contribution in [1.29, 1.82) is 0 Å². The van der Waals surface area contributed by atoms with Gasteiger partial charge in [0.1, 0.15) is 0 Å². The fraction of sp³-hybridized carbons (Fsp3) is 1.00. The summed E-state index contributed by atoms with van der Waals surface area (Å²) in [7, 11) is 0. The Labute approximate surface area is 94.8 Å². The maximum Gasteiger partial charge on any atom is 0.0576 e. The van der Waals surface area contributed by atoms with Gasteiger partial charge in [0.25, 0.3) is 0 Å². The molecular formula is C13H27NO. The molecule has 1 fully saturated rings. The number of rotatable bonds is 8. The third-order valence-electron chi connectivity index (χ3n) is 2.96. The van der Waals surface area contributed by atoms with Crippen molar-refractivity contribution < 1.29 is 4.74 Å². The fourth-order valence-electron chi connectivity index (χ4n) is 2.06. The molecule has 1 N–H and O–H groups in total. The summed E-state index contributed by atoms with van der Waals surface area (Å²) >= 11 is 0. The van der Waals surface area contributed by atoms with Gasteiger partial charge in [0.2, 0.25) is 0 Å². The van der Waals surface area contributed by atoms with E-state index in [-0.39, 0.29) is 0 Å². The summed E-state index contributed by atoms with van der Waals surface area (Å²) in [6.07, 6.45) is 8.46. The number of unbranched alkanes of at least 4 members (excludes halogenated alkanes) is 2. The molecule has 0 saturated carbocycles. The van der Waals surface area contributed by atoms with Gasteiger partial charge in [-0.1, -0.05) is 26.7 Å². The summed E-state index contributed by atoms with van der Waals surface area (Å²) in [6.45, 7) is 7.85. The van der Waals surface area contributed by atoms with Crippen LogP contribution in [0.15, 0.2) is 0 Å². The van der Waals surface area contributed by atoms with Crippen LogP contribution in [0, 0.1) is 5.92 Å². The Kier molecular flexibility index (Phi) is 7.03. The van der Waals surface area contributed by atoms with E-state index in [9.17, 15) is 0 Å². The molecule has 0 spiro atoms. The molecule has 1 aliphatic heterocycles. The highest BCUT2D eigenvalue weighted by molar-refractivity contribution is 4.64. The Balaban J connectivity index is 1.76. The Morgan fingerprint density at radius 2 is 2.13 bits per heavy atom. The average molecular weight is 213 g/mol. The summed E-state index contributed by atoms with van der Waals surface area (Å²) in [4.78, 5) is 0. The molecule has 0 aliphatic carbocycles. The molecule has 15 heavy (non-hydrogen) atoms. The highest BCUT2D eigenvalue weighted by Crippen LogP contribution is 2.17. The third kappa shape index (κ3) is 6.91. The van der Waals surface area contributed by atoms with E-state index >= 15 is 0 Å². The molecule has 0 amide bonds. The van der Waals surface area contributed by atoms with Crippen molar-refractivity contribution in [3.63, 3.8) is 0 Å². The lowest BCUT2D eigenvalue weighted by Gasteiger charge is -2.09. The summed E-state index contributed by atoms with van der Waals surface area (Å²) in [5, 5.41) is 3.48. The zero-order valence-electron chi connectivity index (χ0n) is 10.4. The molecule has 1 rings (SSSR count). The smallest absolute Gasteiger partial charge is 0.0576 e. The first kappa shape index (κ1) is 13.0. The summed E-state index contributed by atoms with van der Waals surface area (Å²) in [6, 6.07) is 0. The van der Waals surface area contributed by atoms with Gasteiger partial charge in [-0.15, -0.1) is 0 Å². The largest absolute Gasteiger partial charge is 0.378 e. The van der Waals surface area contributed by atoms with Crippen LogP contribution < -0.4 is 5.32 Å². The van der Waals surface area contributed by atoms with Gasteiger partial charge in [-0.05, 0) is 44.7 Å². The number of hydrogen-bond acceptors (Lipinski definition) is 2. The highest BCUT2D eigenvalue weighted by atomic mass is 16.5. The predicted octanol–water partition coefficient (Wildman–Crippen LogP) is 2.97. The number of nitrogens with one attached hydrogen (secondary N) is 1. The van der Waals surface area contributed by atoms with Crippen molar-refractivity contribution in [1.82, 2.24) is 5.32 Å². The molecule has 2 nitrogen and oxygen atoms in total. The van der Waals surface area contributed by atoms with Crippen molar-refractivity contribution in [2.45, 2.75) is 58.5 Å². The first-order valence-corrected chi connectivity index (χ1v) is 6.61. The van der Waals surface area contributed by atoms with Gasteiger partial charge >= 0.3 is 0 Å². The molecule has 1 saturated heterocycles. The monoisotopic (exact) mass is 213 g/mol. The van der Waals surface area contributed by atoms with Gasteiger partial charge in [0.05, 0.1) is 6.10 Å².